The number of alkyl carbamates (subject to hydrolysis) is 1. The second-order valence-electron chi connectivity index (χ2n) is 5.82. The van der Waals surface area contributed by atoms with E-state index in [-0.39, 0.29) is 17.9 Å². The fourth-order valence-electron chi connectivity index (χ4n) is 1.72. The zero-order valence-corrected chi connectivity index (χ0v) is 13.2. The minimum atomic E-state index is -1.36. The summed E-state index contributed by atoms with van der Waals surface area (Å²) in [4.78, 5) is 11.5. The van der Waals surface area contributed by atoms with Crippen LogP contribution in [0.4, 0.5) is 4.79 Å². The molecule has 7 heteroatoms. The smallest absolute Gasteiger partial charge is 0.407 e. The van der Waals surface area contributed by atoms with Gasteiger partial charge in [0.25, 0.3) is 0 Å². The van der Waals surface area contributed by atoms with Crippen LogP contribution in [-0.2, 0) is 4.74 Å². The molecule has 1 aromatic rings. The molecule has 2 unspecified atom stereocenters. The van der Waals surface area contributed by atoms with Gasteiger partial charge in [-0.1, -0.05) is 0 Å². The lowest BCUT2D eigenvalue weighted by atomic mass is 10.0. The molecule has 0 aliphatic rings. The highest BCUT2D eigenvalue weighted by Crippen LogP contribution is 2.30. The third-order valence-corrected chi connectivity index (χ3v) is 2.78. The molecule has 0 aliphatic carbocycles. The van der Waals surface area contributed by atoms with Crippen molar-refractivity contribution in [3.63, 3.8) is 0 Å². The fraction of sp³-hybridized carbons (Fsp3) is 0.533. The summed E-state index contributed by atoms with van der Waals surface area (Å²) in [5, 5.41) is 32.1. The topological polar surface area (TPSA) is 108 Å². The van der Waals surface area contributed by atoms with Crippen LogP contribution in [0.1, 0.15) is 32.4 Å². The maximum absolute atomic E-state index is 11.5. The summed E-state index contributed by atoms with van der Waals surface area (Å²) in [5.41, 5.74) is -0.513. The normalized spacial score (nSPS) is 14.1. The Morgan fingerprint density at radius 3 is 2.45 bits per heavy atom. The monoisotopic (exact) mass is 313 g/mol. The molecular weight excluding hydrogens is 290 g/mol. The van der Waals surface area contributed by atoms with Gasteiger partial charge in [0, 0.05) is 18.2 Å². The minimum absolute atomic E-state index is 0.138. The molecule has 0 aromatic heterocycles. The summed E-state index contributed by atoms with van der Waals surface area (Å²) in [6.07, 6.45) is -3.36. The van der Waals surface area contributed by atoms with Crippen molar-refractivity contribution >= 4 is 6.09 Å². The molecule has 22 heavy (non-hydrogen) atoms. The Bertz CT molecular complexity index is 511. The lowest BCUT2D eigenvalue weighted by Gasteiger charge is -2.22. The van der Waals surface area contributed by atoms with Crippen molar-refractivity contribution < 1.29 is 29.6 Å². The molecule has 0 radical (unpaired) electrons. The van der Waals surface area contributed by atoms with E-state index in [2.05, 4.69) is 5.32 Å². The second kappa shape index (κ2) is 7.33. The molecule has 0 spiro atoms. The highest BCUT2D eigenvalue weighted by Gasteiger charge is 2.23. The highest BCUT2D eigenvalue weighted by atomic mass is 16.6. The Morgan fingerprint density at radius 2 is 1.95 bits per heavy atom. The summed E-state index contributed by atoms with van der Waals surface area (Å²) >= 11 is 0. The quantitative estimate of drug-likeness (QED) is 0.653. The largest absolute Gasteiger partial charge is 0.507 e. The Morgan fingerprint density at radius 1 is 1.32 bits per heavy atom. The van der Waals surface area contributed by atoms with E-state index in [0.29, 0.717) is 5.75 Å². The van der Waals surface area contributed by atoms with E-state index in [9.17, 15) is 20.1 Å². The van der Waals surface area contributed by atoms with E-state index in [1.54, 1.807) is 26.8 Å². The first-order valence-electron chi connectivity index (χ1n) is 6.84. The Labute approximate surface area is 129 Å². The number of hydrogen-bond donors (Lipinski definition) is 4. The molecule has 124 valence electrons. The third kappa shape index (κ3) is 5.42. The van der Waals surface area contributed by atoms with E-state index in [0.717, 1.165) is 0 Å². The lowest BCUT2D eigenvalue weighted by Crippen LogP contribution is -2.38. The second-order valence-corrected chi connectivity index (χ2v) is 5.82. The number of aliphatic hydroxyl groups excluding tert-OH is 2. The summed E-state index contributed by atoms with van der Waals surface area (Å²) in [7, 11) is 1.45. The average Bonchev–Trinajstić information content (AvgIpc) is 2.42. The Kier molecular flexibility index (Phi) is 6.01. The van der Waals surface area contributed by atoms with Crippen molar-refractivity contribution in [2.75, 3.05) is 13.7 Å². The van der Waals surface area contributed by atoms with Crippen molar-refractivity contribution in [2.45, 2.75) is 38.6 Å². The van der Waals surface area contributed by atoms with E-state index in [1.165, 1.54) is 19.2 Å². The van der Waals surface area contributed by atoms with Gasteiger partial charge >= 0.3 is 6.09 Å². The molecule has 0 saturated carbocycles. The first-order chi connectivity index (χ1) is 10.1. The van der Waals surface area contributed by atoms with Crippen LogP contribution in [0.15, 0.2) is 18.2 Å². The van der Waals surface area contributed by atoms with E-state index in [1.807, 2.05) is 0 Å². The van der Waals surface area contributed by atoms with Gasteiger partial charge in [-0.25, -0.2) is 4.79 Å². The molecule has 0 fully saturated rings. The highest BCUT2D eigenvalue weighted by molar-refractivity contribution is 5.67. The maximum atomic E-state index is 11.5. The molecule has 0 aliphatic heterocycles. The van der Waals surface area contributed by atoms with E-state index in [4.69, 9.17) is 9.47 Å². The minimum Gasteiger partial charge on any atom is -0.507 e. The van der Waals surface area contributed by atoms with E-state index < -0.39 is 23.9 Å². The number of benzene rings is 1. The molecule has 1 amide bonds. The number of hydrogen-bond acceptors (Lipinski definition) is 6. The van der Waals surface area contributed by atoms with Gasteiger partial charge < -0.3 is 30.1 Å². The average molecular weight is 313 g/mol. The molecule has 4 N–H and O–H groups in total. The number of aliphatic hydroxyl groups is 2. The van der Waals surface area contributed by atoms with Crippen molar-refractivity contribution in [3.8, 4) is 11.5 Å². The molecule has 0 heterocycles. The predicted octanol–water partition coefficient (Wildman–Crippen LogP) is 1.32. The predicted molar refractivity (Wildman–Crippen MR) is 79.9 cm³/mol. The maximum Gasteiger partial charge on any atom is 0.407 e. The zero-order valence-electron chi connectivity index (χ0n) is 13.2. The van der Waals surface area contributed by atoms with Crippen molar-refractivity contribution in [3.05, 3.63) is 23.8 Å². The summed E-state index contributed by atoms with van der Waals surface area (Å²) in [6.45, 7) is 4.93. The molecule has 2 atom stereocenters. The number of phenols is 1. The van der Waals surface area contributed by atoms with Crippen LogP contribution in [0, 0.1) is 0 Å². The van der Waals surface area contributed by atoms with Crippen LogP contribution in [-0.4, -0.2) is 46.8 Å². The van der Waals surface area contributed by atoms with Crippen LogP contribution in [0.2, 0.25) is 0 Å². The number of methoxy groups -OCH3 is 1. The van der Waals surface area contributed by atoms with Crippen LogP contribution in [0.25, 0.3) is 0 Å². The zero-order chi connectivity index (χ0) is 16.9. The number of ether oxygens (including phenoxy) is 2. The van der Waals surface area contributed by atoms with Gasteiger partial charge in [0.05, 0.1) is 7.11 Å². The first kappa shape index (κ1) is 18.1. The number of amides is 1. The standard InChI is InChI=1S/C15H23NO6/c1-15(2,3)22-14(20)16-8-12(18)13(19)10-6-5-9(21-4)7-11(10)17/h5-7,12-13,17-19H,8H2,1-4H3,(H,16,20). The van der Waals surface area contributed by atoms with Crippen molar-refractivity contribution in [1.29, 1.82) is 0 Å². The molecule has 1 aromatic carbocycles. The van der Waals surface area contributed by atoms with Crippen LogP contribution in [0.5, 0.6) is 11.5 Å². The number of rotatable bonds is 5. The summed E-state index contributed by atoms with van der Waals surface area (Å²) < 4.78 is 9.96. The number of nitrogens with one attached hydrogen (secondary N) is 1. The Balaban J connectivity index is 2.62. The third-order valence-electron chi connectivity index (χ3n) is 2.78. The molecule has 7 nitrogen and oxygen atoms in total. The summed E-state index contributed by atoms with van der Waals surface area (Å²) in [5.74, 6) is 0.220. The van der Waals surface area contributed by atoms with Gasteiger partial charge in [-0.3, -0.25) is 0 Å². The molecular formula is C15H23NO6. The van der Waals surface area contributed by atoms with E-state index >= 15 is 0 Å². The lowest BCUT2D eigenvalue weighted by molar-refractivity contribution is 0.0119. The number of carbonyl (C=O) groups is 1. The van der Waals surface area contributed by atoms with Gasteiger partial charge in [0.2, 0.25) is 0 Å². The van der Waals surface area contributed by atoms with Crippen LogP contribution in [0.3, 0.4) is 0 Å². The van der Waals surface area contributed by atoms with Crippen LogP contribution < -0.4 is 10.1 Å². The van der Waals surface area contributed by atoms with Gasteiger partial charge in [-0.2, -0.15) is 0 Å². The van der Waals surface area contributed by atoms with Crippen molar-refractivity contribution in [2.24, 2.45) is 0 Å². The number of phenolic OH excluding ortho intramolecular Hbond substituents is 1. The molecule has 0 bridgehead atoms. The van der Waals surface area contributed by atoms with Gasteiger partial charge in [0.1, 0.15) is 29.3 Å². The number of carbonyl (C=O) groups excluding carboxylic acids is 1. The number of aromatic hydroxyl groups is 1. The SMILES string of the molecule is COc1ccc(C(O)C(O)CNC(=O)OC(C)(C)C)c(O)c1. The van der Waals surface area contributed by atoms with Gasteiger partial charge in [-0.05, 0) is 32.9 Å². The van der Waals surface area contributed by atoms with Crippen LogP contribution >= 0.6 is 0 Å². The Hall–Kier alpha value is -1.99. The van der Waals surface area contributed by atoms with Crippen molar-refractivity contribution in [1.82, 2.24) is 5.32 Å². The van der Waals surface area contributed by atoms with Gasteiger partial charge in [0.15, 0.2) is 0 Å². The fourth-order valence-corrected chi connectivity index (χ4v) is 1.72. The summed E-state index contributed by atoms with van der Waals surface area (Å²) in [6, 6.07) is 4.31. The molecule has 0 saturated heterocycles. The molecule has 1 rings (SSSR count). The first-order valence-corrected chi connectivity index (χ1v) is 6.84. The van der Waals surface area contributed by atoms with Gasteiger partial charge in [-0.15, -0.1) is 0 Å².